The molecule has 0 aromatic carbocycles. The number of alkyl halides is 3. The highest BCUT2D eigenvalue weighted by molar-refractivity contribution is 7.92. The molecule has 4 heterocycles. The minimum Gasteiger partial charge on any atom is -0.616 e. The third-order valence-electron chi connectivity index (χ3n) is 7.69. The summed E-state index contributed by atoms with van der Waals surface area (Å²) in [6, 6.07) is 6.59. The van der Waals surface area contributed by atoms with E-state index in [-0.39, 0.29) is 11.7 Å². The molecule has 2 unspecified atom stereocenters. The third kappa shape index (κ3) is 4.56. The van der Waals surface area contributed by atoms with Gasteiger partial charge >= 0.3 is 6.18 Å². The average molecular weight is 481 g/mol. The van der Waals surface area contributed by atoms with E-state index >= 15 is 0 Å². The summed E-state index contributed by atoms with van der Waals surface area (Å²) in [7, 11) is 0. The van der Waals surface area contributed by atoms with Crippen molar-refractivity contribution < 1.29 is 17.7 Å². The van der Waals surface area contributed by atoms with E-state index in [1.165, 1.54) is 6.07 Å². The zero-order valence-electron chi connectivity index (χ0n) is 19.1. The quantitative estimate of drug-likeness (QED) is 0.577. The summed E-state index contributed by atoms with van der Waals surface area (Å²) in [5, 5.41) is 4.67. The Balaban J connectivity index is 1.31. The van der Waals surface area contributed by atoms with Crippen molar-refractivity contribution >= 4 is 11.2 Å². The predicted molar refractivity (Wildman–Crippen MR) is 122 cm³/mol. The molecule has 33 heavy (non-hydrogen) atoms. The highest BCUT2D eigenvalue weighted by Gasteiger charge is 2.50. The molecule has 2 atom stereocenters. The zero-order valence-corrected chi connectivity index (χ0v) is 20.0. The SMILES string of the molecule is CC(C)n1nc(-c2cccc(C(F)(F)F)n2)cc1C1CCC(N2CCC3(CC2)C[S+]([O-])C3)C1. The van der Waals surface area contributed by atoms with Gasteiger partial charge in [-0.3, -0.25) is 4.68 Å². The molecule has 3 aliphatic rings. The molecule has 0 N–H and O–H groups in total. The Morgan fingerprint density at radius 2 is 1.85 bits per heavy atom. The monoisotopic (exact) mass is 480 g/mol. The van der Waals surface area contributed by atoms with Crippen molar-refractivity contribution in [2.24, 2.45) is 5.41 Å². The van der Waals surface area contributed by atoms with Gasteiger partial charge in [-0.2, -0.15) is 18.3 Å². The van der Waals surface area contributed by atoms with Crippen LogP contribution in [0.25, 0.3) is 11.4 Å². The maximum absolute atomic E-state index is 13.1. The van der Waals surface area contributed by atoms with Gasteiger partial charge in [-0.05, 0) is 77.2 Å². The van der Waals surface area contributed by atoms with Gasteiger partial charge < -0.3 is 9.45 Å². The Labute approximate surface area is 195 Å². The van der Waals surface area contributed by atoms with Crippen LogP contribution in [0, 0.1) is 5.41 Å². The van der Waals surface area contributed by atoms with Gasteiger partial charge in [-0.25, -0.2) is 4.98 Å². The molecule has 2 aliphatic heterocycles. The van der Waals surface area contributed by atoms with E-state index < -0.39 is 23.0 Å². The Bertz CT molecular complexity index is 992. The van der Waals surface area contributed by atoms with Crippen molar-refractivity contribution in [2.75, 3.05) is 24.6 Å². The molecule has 2 aromatic rings. The minimum atomic E-state index is -4.47. The lowest BCUT2D eigenvalue weighted by atomic mass is 9.80. The molecule has 0 amide bonds. The van der Waals surface area contributed by atoms with Crippen LogP contribution in [0.5, 0.6) is 0 Å². The van der Waals surface area contributed by atoms with Crippen molar-refractivity contribution in [1.29, 1.82) is 0 Å². The fourth-order valence-electron chi connectivity index (χ4n) is 5.84. The first kappa shape index (κ1) is 23.2. The number of hydrogen-bond donors (Lipinski definition) is 0. The predicted octanol–water partition coefficient (Wildman–Crippen LogP) is 5.03. The number of likely N-dealkylation sites (tertiary alicyclic amines) is 1. The van der Waals surface area contributed by atoms with Gasteiger partial charge in [0, 0.05) is 23.7 Å². The Morgan fingerprint density at radius 1 is 1.12 bits per heavy atom. The van der Waals surface area contributed by atoms with E-state index in [1.807, 2.05) is 10.7 Å². The molecular formula is C24H31F3N4OS. The van der Waals surface area contributed by atoms with Gasteiger partial charge in [0.1, 0.15) is 22.9 Å². The molecule has 180 valence electrons. The van der Waals surface area contributed by atoms with Crippen LogP contribution >= 0.6 is 0 Å². The molecular weight excluding hydrogens is 449 g/mol. The molecule has 5 rings (SSSR count). The lowest BCUT2D eigenvalue weighted by Crippen LogP contribution is -2.55. The second-order valence-corrected chi connectivity index (χ2v) is 11.8. The summed E-state index contributed by atoms with van der Waals surface area (Å²) in [5.74, 6) is 2.11. The van der Waals surface area contributed by atoms with E-state index in [2.05, 4.69) is 28.8 Å². The van der Waals surface area contributed by atoms with Gasteiger partial charge in [0.2, 0.25) is 0 Å². The molecule has 1 spiro atoms. The second kappa shape index (κ2) is 8.57. The number of rotatable bonds is 4. The third-order valence-corrected chi connectivity index (χ3v) is 9.56. The summed E-state index contributed by atoms with van der Waals surface area (Å²) in [6.07, 6.45) is 1.06. The van der Waals surface area contributed by atoms with Crippen molar-refractivity contribution in [2.45, 2.75) is 70.1 Å². The lowest BCUT2D eigenvalue weighted by Gasteiger charge is -2.48. The summed E-state index contributed by atoms with van der Waals surface area (Å²) >= 11 is -0.596. The molecule has 9 heteroatoms. The standard InChI is InChI=1S/C24H31F3N4OS/c1-16(2)31-21(13-20(29-31)19-4-3-5-22(28-19)24(25,26)27)17-6-7-18(12-17)30-10-8-23(9-11-30)14-33(32)15-23/h3-5,13,16-18H,6-12,14-15H2,1-2H3. The van der Waals surface area contributed by atoms with E-state index in [0.29, 0.717) is 23.1 Å². The van der Waals surface area contributed by atoms with Gasteiger partial charge in [-0.15, -0.1) is 0 Å². The van der Waals surface area contributed by atoms with E-state index in [9.17, 15) is 17.7 Å². The second-order valence-electron chi connectivity index (χ2n) is 10.3. The van der Waals surface area contributed by atoms with E-state index in [4.69, 9.17) is 0 Å². The normalized spacial score (nSPS) is 26.3. The number of nitrogens with zero attached hydrogens (tertiary/aromatic N) is 4. The Hall–Kier alpha value is -1.58. The molecule has 1 aliphatic carbocycles. The van der Waals surface area contributed by atoms with Crippen LogP contribution in [0.3, 0.4) is 0 Å². The molecule has 0 radical (unpaired) electrons. The highest BCUT2D eigenvalue weighted by Crippen LogP contribution is 2.45. The molecule has 2 saturated heterocycles. The maximum atomic E-state index is 13.1. The van der Waals surface area contributed by atoms with Crippen molar-refractivity contribution in [1.82, 2.24) is 19.7 Å². The molecule has 5 nitrogen and oxygen atoms in total. The summed E-state index contributed by atoms with van der Waals surface area (Å²) < 4.78 is 53.0. The van der Waals surface area contributed by atoms with Crippen LogP contribution in [-0.4, -0.2) is 54.9 Å². The summed E-state index contributed by atoms with van der Waals surface area (Å²) in [6.45, 7) is 6.27. The average Bonchev–Trinajstić information content (AvgIpc) is 3.40. The number of pyridine rings is 1. The van der Waals surface area contributed by atoms with Crippen LogP contribution < -0.4 is 0 Å². The maximum Gasteiger partial charge on any atom is 0.433 e. The van der Waals surface area contributed by atoms with E-state index in [1.54, 1.807) is 6.07 Å². The smallest absolute Gasteiger partial charge is 0.433 e. The van der Waals surface area contributed by atoms with Crippen LogP contribution in [0.2, 0.25) is 0 Å². The van der Waals surface area contributed by atoms with Crippen LogP contribution in [-0.2, 0) is 17.4 Å². The van der Waals surface area contributed by atoms with E-state index in [0.717, 1.165) is 68.5 Å². The number of piperidine rings is 1. The van der Waals surface area contributed by atoms with Gasteiger partial charge in [0.15, 0.2) is 0 Å². The van der Waals surface area contributed by atoms with Gasteiger partial charge in [0.25, 0.3) is 0 Å². The summed E-state index contributed by atoms with van der Waals surface area (Å²) in [5.41, 5.74) is 1.32. The van der Waals surface area contributed by atoms with Crippen molar-refractivity contribution in [3.63, 3.8) is 0 Å². The minimum absolute atomic E-state index is 0.118. The largest absolute Gasteiger partial charge is 0.616 e. The number of aromatic nitrogens is 3. The Morgan fingerprint density at radius 3 is 2.48 bits per heavy atom. The Kier molecular flexibility index (Phi) is 6.02. The first-order chi connectivity index (χ1) is 15.6. The fraction of sp³-hybridized carbons (Fsp3) is 0.667. The fourth-order valence-corrected chi connectivity index (χ4v) is 7.70. The van der Waals surface area contributed by atoms with Crippen LogP contribution in [0.4, 0.5) is 13.2 Å². The first-order valence-electron chi connectivity index (χ1n) is 11.9. The van der Waals surface area contributed by atoms with Crippen molar-refractivity contribution in [3.05, 3.63) is 35.7 Å². The molecule has 0 bridgehead atoms. The molecule has 2 aromatic heterocycles. The summed E-state index contributed by atoms with van der Waals surface area (Å²) in [4.78, 5) is 6.45. The topological polar surface area (TPSA) is 57.0 Å². The zero-order chi connectivity index (χ0) is 23.4. The highest BCUT2D eigenvalue weighted by atomic mass is 32.2. The van der Waals surface area contributed by atoms with Crippen LogP contribution in [0.1, 0.15) is 69.3 Å². The molecule has 3 fully saturated rings. The lowest BCUT2D eigenvalue weighted by molar-refractivity contribution is -0.141. The molecule has 1 saturated carbocycles. The van der Waals surface area contributed by atoms with Gasteiger partial charge in [-0.1, -0.05) is 17.2 Å². The number of halogens is 3. The van der Waals surface area contributed by atoms with Crippen molar-refractivity contribution in [3.8, 4) is 11.4 Å². The first-order valence-corrected chi connectivity index (χ1v) is 13.4. The number of hydrogen-bond acceptors (Lipinski definition) is 4. The van der Waals surface area contributed by atoms with Gasteiger partial charge in [0.05, 0.1) is 11.1 Å². The van der Waals surface area contributed by atoms with Crippen LogP contribution in [0.15, 0.2) is 24.3 Å².